The molecular formula is C14H14N2O2. The first-order valence-electron chi connectivity index (χ1n) is 5.61. The summed E-state index contributed by atoms with van der Waals surface area (Å²) in [6, 6.07) is 10.1. The van der Waals surface area contributed by atoms with Crippen molar-refractivity contribution in [3.05, 3.63) is 53.3 Å². The van der Waals surface area contributed by atoms with E-state index in [1.54, 1.807) is 37.3 Å². The predicted molar refractivity (Wildman–Crippen MR) is 69.8 cm³/mol. The highest BCUT2D eigenvalue weighted by Crippen LogP contribution is 2.22. The summed E-state index contributed by atoms with van der Waals surface area (Å²) < 4.78 is 0. The van der Waals surface area contributed by atoms with Crippen LogP contribution >= 0.6 is 0 Å². The van der Waals surface area contributed by atoms with E-state index >= 15 is 0 Å². The van der Waals surface area contributed by atoms with Crippen LogP contribution in [0.2, 0.25) is 0 Å². The van der Waals surface area contributed by atoms with Crippen LogP contribution in [0.5, 0.6) is 5.75 Å². The zero-order valence-corrected chi connectivity index (χ0v) is 10.3. The van der Waals surface area contributed by atoms with Crippen molar-refractivity contribution >= 4 is 11.6 Å². The number of aromatic hydroxyl groups is 1. The van der Waals surface area contributed by atoms with Crippen LogP contribution in [0.1, 0.15) is 21.7 Å². The van der Waals surface area contributed by atoms with Crippen LogP contribution in [0.3, 0.4) is 0 Å². The minimum Gasteiger partial charge on any atom is -0.506 e. The van der Waals surface area contributed by atoms with Crippen LogP contribution in [0, 0.1) is 13.8 Å². The predicted octanol–water partition coefficient (Wildman–Crippen LogP) is 2.66. The molecule has 0 spiro atoms. The van der Waals surface area contributed by atoms with Crippen molar-refractivity contribution in [1.29, 1.82) is 0 Å². The number of hydrogen-bond acceptors (Lipinski definition) is 3. The van der Waals surface area contributed by atoms with Gasteiger partial charge in [0.15, 0.2) is 0 Å². The number of rotatable bonds is 2. The molecule has 0 saturated heterocycles. The minimum atomic E-state index is -0.276. The van der Waals surface area contributed by atoms with Crippen molar-refractivity contribution in [3.63, 3.8) is 0 Å². The fraction of sp³-hybridized carbons (Fsp3) is 0.143. The van der Waals surface area contributed by atoms with E-state index < -0.39 is 0 Å². The lowest BCUT2D eigenvalue weighted by atomic mass is 10.1. The Morgan fingerprint density at radius 3 is 2.56 bits per heavy atom. The molecular weight excluding hydrogens is 228 g/mol. The zero-order chi connectivity index (χ0) is 13.1. The molecule has 1 heterocycles. The van der Waals surface area contributed by atoms with Crippen molar-refractivity contribution < 1.29 is 9.90 Å². The third-order valence-electron chi connectivity index (χ3n) is 2.62. The first-order chi connectivity index (χ1) is 8.58. The number of carbonyl (C=O) groups is 1. The van der Waals surface area contributed by atoms with Gasteiger partial charge in [-0.25, -0.2) is 0 Å². The van der Waals surface area contributed by atoms with Gasteiger partial charge in [0.05, 0.1) is 16.9 Å². The molecule has 0 saturated carbocycles. The number of nitrogens with zero attached hydrogens (tertiary/aromatic N) is 1. The van der Waals surface area contributed by atoms with Gasteiger partial charge in [-0.1, -0.05) is 12.1 Å². The van der Waals surface area contributed by atoms with E-state index in [0.717, 1.165) is 5.69 Å². The van der Waals surface area contributed by atoms with Crippen LogP contribution in [0.15, 0.2) is 36.4 Å². The average Bonchev–Trinajstić information content (AvgIpc) is 2.32. The molecule has 0 unspecified atom stereocenters. The van der Waals surface area contributed by atoms with Gasteiger partial charge in [0.1, 0.15) is 5.75 Å². The molecule has 4 nitrogen and oxygen atoms in total. The second-order valence-electron chi connectivity index (χ2n) is 4.06. The maximum atomic E-state index is 12.0. The van der Waals surface area contributed by atoms with E-state index in [2.05, 4.69) is 10.3 Å². The Morgan fingerprint density at radius 2 is 1.89 bits per heavy atom. The fourth-order valence-corrected chi connectivity index (χ4v) is 1.70. The highest BCUT2D eigenvalue weighted by atomic mass is 16.3. The summed E-state index contributed by atoms with van der Waals surface area (Å²) >= 11 is 0. The number of hydrogen-bond donors (Lipinski definition) is 2. The van der Waals surface area contributed by atoms with Gasteiger partial charge in [-0.05, 0) is 38.1 Å². The summed E-state index contributed by atoms with van der Waals surface area (Å²) in [6.45, 7) is 3.66. The van der Waals surface area contributed by atoms with Crippen molar-refractivity contribution in [1.82, 2.24) is 4.98 Å². The number of nitrogens with one attached hydrogen (secondary N) is 1. The number of aryl methyl sites for hydroxylation is 2. The molecule has 0 bridgehead atoms. The second kappa shape index (κ2) is 4.87. The molecule has 2 aromatic rings. The first-order valence-corrected chi connectivity index (χ1v) is 5.61. The second-order valence-corrected chi connectivity index (χ2v) is 4.06. The van der Waals surface area contributed by atoms with Crippen LogP contribution in [0.4, 0.5) is 5.69 Å². The number of pyridine rings is 1. The first kappa shape index (κ1) is 12.1. The monoisotopic (exact) mass is 242 g/mol. The van der Waals surface area contributed by atoms with Crippen molar-refractivity contribution in [2.45, 2.75) is 13.8 Å². The third-order valence-corrected chi connectivity index (χ3v) is 2.62. The minimum absolute atomic E-state index is 0.0450. The molecule has 0 aliphatic heterocycles. The Kier molecular flexibility index (Phi) is 3.28. The summed E-state index contributed by atoms with van der Waals surface area (Å²) in [5.41, 5.74) is 2.43. The van der Waals surface area contributed by atoms with E-state index in [-0.39, 0.29) is 11.7 Å². The molecule has 0 radical (unpaired) electrons. The topological polar surface area (TPSA) is 62.2 Å². The smallest absolute Gasteiger partial charge is 0.257 e. The number of anilines is 1. The maximum Gasteiger partial charge on any atom is 0.257 e. The van der Waals surface area contributed by atoms with E-state index in [4.69, 9.17) is 0 Å². The summed E-state index contributed by atoms with van der Waals surface area (Å²) in [4.78, 5) is 16.3. The Balaban J connectivity index is 2.25. The number of aromatic nitrogens is 1. The quantitative estimate of drug-likeness (QED) is 0.796. The van der Waals surface area contributed by atoms with Crippen LogP contribution in [0.25, 0.3) is 0 Å². The van der Waals surface area contributed by atoms with Gasteiger partial charge in [-0.3, -0.25) is 9.78 Å². The normalized spacial score (nSPS) is 10.1. The Morgan fingerprint density at radius 1 is 1.17 bits per heavy atom. The molecule has 0 aliphatic rings. The molecule has 0 fully saturated rings. The largest absolute Gasteiger partial charge is 0.506 e. The van der Waals surface area contributed by atoms with Crippen LogP contribution < -0.4 is 5.32 Å². The average molecular weight is 242 g/mol. The standard InChI is InChI=1S/C14H14N2O2/c1-9-7-8-11(10(2)15-9)14(18)16-12-5-3-4-6-13(12)17/h3-8,17H,1-2H3,(H,16,18). The lowest BCUT2D eigenvalue weighted by molar-refractivity contribution is 0.102. The molecule has 2 rings (SSSR count). The van der Waals surface area contributed by atoms with Gasteiger partial charge >= 0.3 is 0 Å². The van der Waals surface area contributed by atoms with Gasteiger partial charge in [0.25, 0.3) is 5.91 Å². The van der Waals surface area contributed by atoms with Gasteiger partial charge in [-0.2, -0.15) is 0 Å². The maximum absolute atomic E-state index is 12.0. The number of carbonyl (C=O) groups excluding carboxylic acids is 1. The van der Waals surface area contributed by atoms with Crippen molar-refractivity contribution in [2.75, 3.05) is 5.32 Å². The Bertz CT molecular complexity index is 594. The number of phenolic OH excluding ortho intramolecular Hbond substituents is 1. The summed E-state index contributed by atoms with van der Waals surface area (Å²) in [7, 11) is 0. The van der Waals surface area contributed by atoms with Crippen molar-refractivity contribution in [2.24, 2.45) is 0 Å². The Labute approximate surface area is 105 Å². The van der Waals surface area contributed by atoms with E-state index in [1.165, 1.54) is 6.07 Å². The number of phenols is 1. The molecule has 18 heavy (non-hydrogen) atoms. The summed E-state index contributed by atoms with van der Waals surface area (Å²) in [5, 5.41) is 12.2. The van der Waals surface area contributed by atoms with E-state index in [1.807, 2.05) is 6.92 Å². The number of amides is 1. The number of benzene rings is 1. The summed E-state index contributed by atoms with van der Waals surface area (Å²) in [5.74, 6) is -0.231. The van der Waals surface area contributed by atoms with Crippen LogP contribution in [-0.4, -0.2) is 16.0 Å². The lowest BCUT2D eigenvalue weighted by Crippen LogP contribution is -2.14. The number of para-hydroxylation sites is 2. The van der Waals surface area contributed by atoms with E-state index in [0.29, 0.717) is 16.9 Å². The van der Waals surface area contributed by atoms with Crippen molar-refractivity contribution in [3.8, 4) is 5.75 Å². The zero-order valence-electron chi connectivity index (χ0n) is 10.3. The SMILES string of the molecule is Cc1ccc(C(=O)Nc2ccccc2O)c(C)n1. The fourth-order valence-electron chi connectivity index (χ4n) is 1.70. The molecule has 2 N–H and O–H groups in total. The van der Waals surface area contributed by atoms with Crippen LogP contribution in [-0.2, 0) is 0 Å². The van der Waals surface area contributed by atoms with Gasteiger partial charge in [-0.15, -0.1) is 0 Å². The molecule has 0 aliphatic carbocycles. The van der Waals surface area contributed by atoms with Gasteiger partial charge in [0.2, 0.25) is 0 Å². The molecule has 1 aromatic heterocycles. The highest BCUT2D eigenvalue weighted by molar-refractivity contribution is 6.05. The molecule has 92 valence electrons. The molecule has 4 heteroatoms. The molecule has 1 aromatic carbocycles. The highest BCUT2D eigenvalue weighted by Gasteiger charge is 2.11. The third kappa shape index (κ3) is 2.48. The molecule has 0 atom stereocenters. The lowest BCUT2D eigenvalue weighted by Gasteiger charge is -2.08. The van der Waals surface area contributed by atoms with E-state index in [9.17, 15) is 9.90 Å². The Hall–Kier alpha value is -2.36. The van der Waals surface area contributed by atoms with Gasteiger partial charge in [0, 0.05) is 5.69 Å². The molecule has 1 amide bonds. The van der Waals surface area contributed by atoms with Gasteiger partial charge < -0.3 is 10.4 Å². The summed E-state index contributed by atoms with van der Waals surface area (Å²) in [6.07, 6.45) is 0.